The van der Waals surface area contributed by atoms with Gasteiger partial charge in [-0.1, -0.05) is 24.3 Å². The molecule has 2 rings (SSSR count). The molecule has 1 fully saturated rings. The van der Waals surface area contributed by atoms with Crippen LogP contribution in [0.3, 0.4) is 0 Å². The molecule has 0 aromatic heterocycles. The molecule has 19 heavy (non-hydrogen) atoms. The first-order chi connectivity index (χ1) is 9.16. The van der Waals surface area contributed by atoms with E-state index in [0.29, 0.717) is 12.1 Å². The molecule has 1 aromatic carbocycles. The van der Waals surface area contributed by atoms with Crippen molar-refractivity contribution in [2.45, 2.75) is 38.0 Å². The molecular formula is C16H26N2O. The molecule has 0 spiro atoms. The van der Waals surface area contributed by atoms with E-state index in [9.17, 15) is 0 Å². The predicted octanol–water partition coefficient (Wildman–Crippen LogP) is 2.41. The fourth-order valence-corrected chi connectivity index (χ4v) is 2.80. The van der Waals surface area contributed by atoms with Crippen LogP contribution in [-0.4, -0.2) is 38.2 Å². The summed E-state index contributed by atoms with van der Waals surface area (Å²) in [7, 11) is 6.13. The van der Waals surface area contributed by atoms with Gasteiger partial charge in [-0.2, -0.15) is 0 Å². The quantitative estimate of drug-likeness (QED) is 0.816. The Kier molecular flexibility index (Phi) is 4.97. The third-order valence-electron chi connectivity index (χ3n) is 4.32. The van der Waals surface area contributed by atoms with Crippen molar-refractivity contribution in [3.05, 3.63) is 35.4 Å². The van der Waals surface area contributed by atoms with Crippen molar-refractivity contribution in [3.63, 3.8) is 0 Å². The summed E-state index contributed by atoms with van der Waals surface area (Å²) in [5.41, 5.74) is 2.97. The molecule has 1 saturated carbocycles. The fraction of sp³-hybridized carbons (Fsp3) is 0.625. The fourth-order valence-electron chi connectivity index (χ4n) is 2.80. The van der Waals surface area contributed by atoms with Crippen molar-refractivity contribution in [1.29, 1.82) is 0 Å². The Morgan fingerprint density at radius 1 is 1.26 bits per heavy atom. The molecule has 1 N–H and O–H groups in total. The van der Waals surface area contributed by atoms with Gasteiger partial charge in [-0.25, -0.2) is 0 Å². The minimum atomic E-state index is 0.393. The molecule has 1 aromatic rings. The van der Waals surface area contributed by atoms with Gasteiger partial charge in [0.05, 0.1) is 6.61 Å². The zero-order chi connectivity index (χ0) is 13.7. The predicted molar refractivity (Wildman–Crippen MR) is 79.1 cm³/mol. The molecule has 0 radical (unpaired) electrons. The lowest BCUT2D eigenvalue weighted by Crippen LogP contribution is -2.56. The maximum absolute atomic E-state index is 5.17. The first-order valence-corrected chi connectivity index (χ1v) is 7.11. The zero-order valence-corrected chi connectivity index (χ0v) is 12.4. The average Bonchev–Trinajstić information content (AvgIpc) is 2.33. The van der Waals surface area contributed by atoms with Crippen LogP contribution in [0, 0.1) is 0 Å². The lowest BCUT2D eigenvalue weighted by Gasteiger charge is -2.47. The number of likely N-dealkylation sites (N-methyl/N-ethyl adjacent to an activating group) is 1. The maximum Gasteiger partial charge on any atom is 0.0713 e. The van der Waals surface area contributed by atoms with E-state index in [-0.39, 0.29) is 0 Å². The van der Waals surface area contributed by atoms with Gasteiger partial charge in [0, 0.05) is 25.7 Å². The Hall–Kier alpha value is -0.900. The van der Waals surface area contributed by atoms with Crippen LogP contribution in [0.2, 0.25) is 0 Å². The molecule has 0 heterocycles. The molecule has 0 amide bonds. The molecule has 0 aliphatic heterocycles. The topological polar surface area (TPSA) is 24.5 Å². The molecule has 0 bridgehead atoms. The van der Waals surface area contributed by atoms with E-state index in [0.717, 1.165) is 13.1 Å². The minimum absolute atomic E-state index is 0.393. The van der Waals surface area contributed by atoms with Crippen LogP contribution < -0.4 is 5.32 Å². The summed E-state index contributed by atoms with van der Waals surface area (Å²) in [6.45, 7) is 2.71. The summed E-state index contributed by atoms with van der Waals surface area (Å²) in [6, 6.07) is 8.62. The molecule has 0 atom stereocenters. The van der Waals surface area contributed by atoms with Crippen molar-refractivity contribution in [1.82, 2.24) is 10.2 Å². The smallest absolute Gasteiger partial charge is 0.0713 e. The Bertz CT molecular complexity index is 399. The number of benzene rings is 1. The van der Waals surface area contributed by atoms with Gasteiger partial charge in [0.1, 0.15) is 0 Å². The molecule has 1 aliphatic rings. The average molecular weight is 262 g/mol. The Morgan fingerprint density at radius 2 is 2.00 bits per heavy atom. The zero-order valence-electron chi connectivity index (χ0n) is 12.4. The normalized spacial score (nSPS) is 17.5. The summed E-state index contributed by atoms with van der Waals surface area (Å²) in [6.07, 6.45) is 4.00. The van der Waals surface area contributed by atoms with E-state index in [1.54, 1.807) is 7.11 Å². The van der Waals surface area contributed by atoms with E-state index >= 15 is 0 Å². The summed E-state index contributed by atoms with van der Waals surface area (Å²) in [5.74, 6) is 0. The number of ether oxygens (including phenoxy) is 1. The molecule has 106 valence electrons. The maximum atomic E-state index is 5.17. The van der Waals surface area contributed by atoms with Crippen LogP contribution in [0.4, 0.5) is 0 Å². The van der Waals surface area contributed by atoms with Crippen molar-refractivity contribution in [3.8, 4) is 0 Å². The van der Waals surface area contributed by atoms with Crippen LogP contribution >= 0.6 is 0 Å². The van der Waals surface area contributed by atoms with Gasteiger partial charge in [0.2, 0.25) is 0 Å². The van der Waals surface area contributed by atoms with Crippen LogP contribution in [0.15, 0.2) is 24.3 Å². The van der Waals surface area contributed by atoms with E-state index in [1.807, 2.05) is 0 Å². The number of methoxy groups -OCH3 is 1. The van der Waals surface area contributed by atoms with Gasteiger partial charge >= 0.3 is 0 Å². The number of hydrogen-bond acceptors (Lipinski definition) is 3. The minimum Gasteiger partial charge on any atom is -0.380 e. The number of hydrogen-bond donors (Lipinski definition) is 1. The lowest BCUT2D eigenvalue weighted by molar-refractivity contribution is 0.0598. The number of nitrogens with one attached hydrogen (secondary N) is 1. The summed E-state index contributed by atoms with van der Waals surface area (Å²) >= 11 is 0. The molecule has 0 saturated heterocycles. The van der Waals surface area contributed by atoms with Crippen molar-refractivity contribution >= 4 is 0 Å². The van der Waals surface area contributed by atoms with Crippen LogP contribution in [0.1, 0.15) is 30.4 Å². The van der Waals surface area contributed by atoms with Gasteiger partial charge in [-0.3, -0.25) is 0 Å². The molecular weight excluding hydrogens is 236 g/mol. The van der Waals surface area contributed by atoms with Crippen LogP contribution in [0.25, 0.3) is 0 Å². The highest BCUT2D eigenvalue weighted by atomic mass is 16.5. The standard InChI is InChI=1S/C16H26N2O/c1-18(2)16(8-5-9-16)13-17-11-14-6-4-7-15(10-14)12-19-3/h4,6-7,10,17H,5,8-9,11-13H2,1-3H3. The van der Waals surface area contributed by atoms with Crippen LogP contribution in [-0.2, 0) is 17.9 Å². The molecule has 3 heteroatoms. The van der Waals surface area contributed by atoms with Crippen LogP contribution in [0.5, 0.6) is 0 Å². The van der Waals surface area contributed by atoms with Gasteiger partial charge in [-0.05, 0) is 44.5 Å². The highest BCUT2D eigenvalue weighted by Gasteiger charge is 2.38. The molecule has 3 nitrogen and oxygen atoms in total. The Labute approximate surface area is 116 Å². The SMILES string of the molecule is COCc1cccc(CNCC2(N(C)C)CCC2)c1. The van der Waals surface area contributed by atoms with E-state index in [2.05, 4.69) is 48.6 Å². The largest absolute Gasteiger partial charge is 0.380 e. The van der Waals surface area contributed by atoms with Gasteiger partial charge in [-0.15, -0.1) is 0 Å². The highest BCUT2D eigenvalue weighted by molar-refractivity contribution is 5.23. The molecule has 1 aliphatic carbocycles. The monoisotopic (exact) mass is 262 g/mol. The van der Waals surface area contributed by atoms with Crippen molar-refractivity contribution in [2.24, 2.45) is 0 Å². The van der Waals surface area contributed by atoms with E-state index in [1.165, 1.54) is 30.4 Å². The second-order valence-corrected chi connectivity index (χ2v) is 5.83. The van der Waals surface area contributed by atoms with Gasteiger partial charge in [0.25, 0.3) is 0 Å². The second kappa shape index (κ2) is 6.51. The summed E-state index contributed by atoms with van der Waals surface area (Å²) < 4.78 is 5.17. The third kappa shape index (κ3) is 3.56. The lowest BCUT2D eigenvalue weighted by atomic mass is 9.75. The highest BCUT2D eigenvalue weighted by Crippen LogP contribution is 2.35. The van der Waals surface area contributed by atoms with Crippen molar-refractivity contribution < 1.29 is 4.74 Å². The Morgan fingerprint density at radius 3 is 2.58 bits per heavy atom. The number of rotatable bonds is 7. The van der Waals surface area contributed by atoms with Crippen molar-refractivity contribution in [2.75, 3.05) is 27.7 Å². The first-order valence-electron chi connectivity index (χ1n) is 7.11. The second-order valence-electron chi connectivity index (χ2n) is 5.83. The summed E-state index contributed by atoms with van der Waals surface area (Å²) in [4.78, 5) is 2.38. The third-order valence-corrected chi connectivity index (χ3v) is 4.32. The van der Waals surface area contributed by atoms with E-state index < -0.39 is 0 Å². The number of nitrogens with zero attached hydrogens (tertiary/aromatic N) is 1. The van der Waals surface area contributed by atoms with Gasteiger partial charge < -0.3 is 15.0 Å². The van der Waals surface area contributed by atoms with Gasteiger partial charge in [0.15, 0.2) is 0 Å². The van der Waals surface area contributed by atoms with E-state index in [4.69, 9.17) is 4.74 Å². The first kappa shape index (κ1) is 14.5. The molecule has 0 unspecified atom stereocenters. The Balaban J connectivity index is 1.83. The summed E-state index contributed by atoms with van der Waals surface area (Å²) in [5, 5.41) is 3.61.